The van der Waals surface area contributed by atoms with Gasteiger partial charge in [0.25, 0.3) is 0 Å². The van der Waals surface area contributed by atoms with Crippen LogP contribution in [0.5, 0.6) is 0 Å². The fourth-order valence-electron chi connectivity index (χ4n) is 1.86. The summed E-state index contributed by atoms with van der Waals surface area (Å²) >= 11 is 16.1. The van der Waals surface area contributed by atoms with Crippen molar-refractivity contribution in [3.8, 4) is 0 Å². The third-order valence-corrected chi connectivity index (χ3v) is 6.61. The van der Waals surface area contributed by atoms with Gasteiger partial charge in [-0.25, -0.2) is 28.4 Å². The van der Waals surface area contributed by atoms with Gasteiger partial charge in [-0.3, -0.25) is 0 Å². The molecule has 0 saturated carbocycles. The highest BCUT2D eigenvalue weighted by Crippen LogP contribution is 2.27. The van der Waals surface area contributed by atoms with Crippen LogP contribution in [0.4, 0.5) is 0 Å². The molecule has 0 aliphatic heterocycles. The maximum atomic E-state index is 11.2. The van der Waals surface area contributed by atoms with Crippen molar-refractivity contribution in [1.29, 1.82) is 0 Å². The number of thioether (sulfide) groups is 1. The number of nitrogens with zero attached hydrogens (tertiary/aromatic N) is 4. The Morgan fingerprint density at radius 3 is 1.96 bits per heavy atom. The van der Waals surface area contributed by atoms with Crippen molar-refractivity contribution in [2.75, 3.05) is 12.5 Å². The summed E-state index contributed by atoms with van der Waals surface area (Å²) in [6, 6.07) is 3.70. The summed E-state index contributed by atoms with van der Waals surface area (Å²) in [6.07, 6.45) is 2.99. The highest BCUT2D eigenvalue weighted by Gasteiger charge is 2.14. The van der Waals surface area contributed by atoms with Gasteiger partial charge in [0, 0.05) is 17.0 Å². The van der Waals surface area contributed by atoms with Gasteiger partial charge in [-0.15, -0.1) is 22.7 Å². The van der Waals surface area contributed by atoms with Crippen molar-refractivity contribution in [1.82, 2.24) is 19.9 Å². The first-order valence-corrected chi connectivity index (χ1v) is 12.5. The standard InChI is InChI=1S/C7H5ClN2O2S2.C7H5ClN2S2.CH4/c1-14(11,12)7-9-5(8)4-2-3-13-6(4)10-7;1-11-7-9-5(8)4-2-3-12-6(4)10-7;/h2-3H,1H3;2-3H,1H3;1H4. The topological polar surface area (TPSA) is 85.7 Å². The Balaban J connectivity index is 0.000000189. The van der Waals surface area contributed by atoms with E-state index in [1.165, 1.54) is 23.1 Å². The highest BCUT2D eigenvalue weighted by molar-refractivity contribution is 7.98. The molecule has 4 rings (SSSR count). The molecule has 6 nitrogen and oxygen atoms in total. The molecular formula is C15H14Cl2N4O2S4. The Hall–Kier alpha value is -1.04. The number of aromatic nitrogens is 4. The summed E-state index contributed by atoms with van der Waals surface area (Å²) in [4.78, 5) is 17.6. The molecule has 0 aromatic carbocycles. The van der Waals surface area contributed by atoms with Crippen LogP contribution in [0.2, 0.25) is 10.3 Å². The predicted molar refractivity (Wildman–Crippen MR) is 116 cm³/mol. The van der Waals surface area contributed by atoms with Crippen LogP contribution in [0.15, 0.2) is 33.2 Å². The first-order valence-electron chi connectivity index (χ1n) is 6.85. The second-order valence-corrected chi connectivity index (χ2v) is 10.0. The van der Waals surface area contributed by atoms with E-state index in [1.54, 1.807) is 22.8 Å². The van der Waals surface area contributed by atoms with Crippen molar-refractivity contribution in [3.63, 3.8) is 0 Å². The fraction of sp³-hybridized carbons (Fsp3) is 0.200. The van der Waals surface area contributed by atoms with Gasteiger partial charge in [-0.1, -0.05) is 42.4 Å². The number of hydrogen-bond acceptors (Lipinski definition) is 9. The van der Waals surface area contributed by atoms with Gasteiger partial charge >= 0.3 is 0 Å². The minimum absolute atomic E-state index is 0. The smallest absolute Gasteiger partial charge is 0.221 e. The summed E-state index contributed by atoms with van der Waals surface area (Å²) < 4.78 is 22.3. The molecule has 0 unspecified atom stereocenters. The SMILES string of the molecule is C.CS(=O)(=O)c1nc(Cl)c2ccsc2n1.CSc1nc(Cl)c2ccsc2n1. The number of hydrogen-bond donors (Lipinski definition) is 0. The van der Waals surface area contributed by atoms with Crippen molar-refractivity contribution in [3.05, 3.63) is 33.2 Å². The lowest BCUT2D eigenvalue weighted by Gasteiger charge is -1.97. The Labute approximate surface area is 178 Å². The van der Waals surface area contributed by atoms with E-state index in [4.69, 9.17) is 23.2 Å². The van der Waals surface area contributed by atoms with Crippen LogP contribution in [0.25, 0.3) is 20.4 Å². The van der Waals surface area contributed by atoms with Gasteiger partial charge in [0.1, 0.15) is 20.0 Å². The lowest BCUT2D eigenvalue weighted by atomic mass is 10.4. The summed E-state index contributed by atoms with van der Waals surface area (Å²) in [6.45, 7) is 0. The molecule has 0 N–H and O–H groups in total. The van der Waals surface area contributed by atoms with E-state index in [9.17, 15) is 8.42 Å². The Morgan fingerprint density at radius 2 is 1.44 bits per heavy atom. The summed E-state index contributed by atoms with van der Waals surface area (Å²) in [7, 11) is -3.39. The van der Waals surface area contributed by atoms with Crippen LogP contribution in [0.1, 0.15) is 7.43 Å². The van der Waals surface area contributed by atoms with E-state index in [0.29, 0.717) is 15.4 Å². The van der Waals surface area contributed by atoms with Crippen LogP contribution < -0.4 is 0 Å². The number of rotatable bonds is 2. The zero-order valence-electron chi connectivity index (χ0n) is 13.3. The van der Waals surface area contributed by atoms with E-state index in [2.05, 4.69) is 19.9 Å². The monoisotopic (exact) mass is 480 g/mol. The minimum atomic E-state index is -3.39. The van der Waals surface area contributed by atoms with Gasteiger partial charge in [-0.05, 0) is 29.1 Å². The Morgan fingerprint density at radius 1 is 0.926 bits per heavy atom. The molecule has 144 valence electrons. The molecule has 4 heterocycles. The third kappa shape index (κ3) is 5.07. The van der Waals surface area contributed by atoms with Gasteiger partial charge in [0.2, 0.25) is 15.0 Å². The van der Waals surface area contributed by atoms with E-state index in [-0.39, 0.29) is 17.7 Å². The first kappa shape index (κ1) is 22.3. The van der Waals surface area contributed by atoms with Crippen molar-refractivity contribution in [2.45, 2.75) is 17.7 Å². The molecule has 12 heteroatoms. The highest BCUT2D eigenvalue weighted by atomic mass is 35.5. The molecule has 0 atom stereocenters. The van der Waals surface area contributed by atoms with Gasteiger partial charge in [-0.2, -0.15) is 0 Å². The number of halogens is 2. The normalized spacial score (nSPS) is 11.1. The molecule has 0 spiro atoms. The van der Waals surface area contributed by atoms with Crippen molar-refractivity contribution in [2.24, 2.45) is 0 Å². The quantitative estimate of drug-likeness (QED) is 0.214. The van der Waals surface area contributed by atoms with Crippen LogP contribution in [-0.2, 0) is 9.84 Å². The molecule has 0 fully saturated rings. The summed E-state index contributed by atoms with van der Waals surface area (Å²) in [5.41, 5.74) is 0. The van der Waals surface area contributed by atoms with E-state index < -0.39 is 9.84 Å². The molecule has 0 aliphatic carbocycles. The number of fused-ring (bicyclic) bond motifs is 2. The number of sulfone groups is 1. The molecule has 4 aromatic heterocycles. The van der Waals surface area contributed by atoms with E-state index in [1.807, 2.05) is 17.7 Å². The lowest BCUT2D eigenvalue weighted by Crippen LogP contribution is -2.03. The molecule has 0 radical (unpaired) electrons. The van der Waals surface area contributed by atoms with Crippen LogP contribution >= 0.6 is 57.6 Å². The maximum absolute atomic E-state index is 11.2. The fourth-order valence-corrected chi connectivity index (χ4v) is 5.06. The largest absolute Gasteiger partial charge is 0.249 e. The first-order chi connectivity index (χ1) is 12.3. The van der Waals surface area contributed by atoms with Gasteiger partial charge in [0.15, 0.2) is 5.16 Å². The number of thiophene rings is 2. The zero-order valence-corrected chi connectivity index (χ0v) is 18.1. The molecule has 0 bridgehead atoms. The van der Waals surface area contributed by atoms with Crippen LogP contribution in [0, 0.1) is 0 Å². The molecule has 27 heavy (non-hydrogen) atoms. The maximum Gasteiger partial charge on any atom is 0.249 e. The van der Waals surface area contributed by atoms with Gasteiger partial charge in [0.05, 0.1) is 0 Å². The lowest BCUT2D eigenvalue weighted by molar-refractivity contribution is 0.594. The minimum Gasteiger partial charge on any atom is -0.221 e. The second kappa shape index (κ2) is 8.97. The van der Waals surface area contributed by atoms with Gasteiger partial charge < -0.3 is 0 Å². The molecular weight excluding hydrogens is 467 g/mol. The Bertz CT molecular complexity index is 1190. The second-order valence-electron chi connectivity index (χ2n) is 4.85. The molecule has 0 saturated heterocycles. The summed E-state index contributed by atoms with van der Waals surface area (Å²) in [5, 5.41) is 6.62. The van der Waals surface area contributed by atoms with Crippen LogP contribution in [-0.4, -0.2) is 40.9 Å². The molecule has 0 aliphatic rings. The zero-order chi connectivity index (χ0) is 18.9. The molecule has 4 aromatic rings. The predicted octanol–water partition coefficient (Wildman–Crippen LogP) is 5.45. The average Bonchev–Trinajstić information content (AvgIpc) is 3.23. The Kier molecular flexibility index (Phi) is 7.40. The van der Waals surface area contributed by atoms with Crippen molar-refractivity contribution >= 4 is 87.9 Å². The van der Waals surface area contributed by atoms with E-state index in [0.717, 1.165) is 21.6 Å². The molecule has 0 amide bonds. The van der Waals surface area contributed by atoms with Crippen molar-refractivity contribution < 1.29 is 8.42 Å². The third-order valence-electron chi connectivity index (χ3n) is 3.03. The average molecular weight is 481 g/mol. The van der Waals surface area contributed by atoms with E-state index >= 15 is 0 Å². The summed E-state index contributed by atoms with van der Waals surface area (Å²) in [5.74, 6) is 0. The van der Waals surface area contributed by atoms with Crippen LogP contribution in [0.3, 0.4) is 0 Å².